The number of rotatable bonds is 8. The Morgan fingerprint density at radius 1 is 1.00 bits per heavy atom. The maximum Gasteiger partial charge on any atom is 0.203 e. The lowest BCUT2D eigenvalue weighted by Gasteiger charge is -2.13. The van der Waals surface area contributed by atoms with Crippen LogP contribution in [-0.4, -0.2) is 38.1 Å². The number of carbonyl (C=O) groups is 1. The lowest BCUT2D eigenvalue weighted by atomic mass is 10.0. The topological polar surface area (TPSA) is 54.0 Å². The number of methoxy groups -OCH3 is 3. The van der Waals surface area contributed by atoms with Crippen LogP contribution in [0.25, 0.3) is 0 Å². The van der Waals surface area contributed by atoms with E-state index in [2.05, 4.69) is 0 Å². The molecule has 1 aliphatic rings. The largest absolute Gasteiger partial charge is 0.494 e. The summed E-state index contributed by atoms with van der Waals surface area (Å²) in [7, 11) is 4.50. The molecule has 150 valence electrons. The number of ketones is 1. The molecule has 2 atom stereocenters. The molecule has 2 unspecified atom stereocenters. The molecule has 3 rings (SSSR count). The van der Waals surface area contributed by atoms with Gasteiger partial charge in [0.1, 0.15) is 10.1 Å². The van der Waals surface area contributed by atoms with Gasteiger partial charge in [-0.15, -0.1) is 23.2 Å². The highest BCUT2D eigenvalue weighted by molar-refractivity contribution is 6.53. The Morgan fingerprint density at radius 3 is 2.04 bits per heavy atom. The van der Waals surface area contributed by atoms with Crippen LogP contribution in [0.1, 0.15) is 28.8 Å². The Balaban J connectivity index is 1.90. The van der Waals surface area contributed by atoms with Crippen molar-refractivity contribution in [3.05, 3.63) is 47.5 Å². The second-order valence-corrected chi connectivity index (χ2v) is 7.85. The minimum atomic E-state index is -1.18. The van der Waals surface area contributed by atoms with E-state index >= 15 is 0 Å². The van der Waals surface area contributed by atoms with Gasteiger partial charge in [-0.3, -0.25) is 4.79 Å². The molecule has 0 bridgehead atoms. The quantitative estimate of drug-likeness (QED) is 0.446. The number of hydrogen-bond donors (Lipinski definition) is 0. The van der Waals surface area contributed by atoms with E-state index < -0.39 is 10.3 Å². The molecule has 1 fully saturated rings. The van der Waals surface area contributed by atoms with Gasteiger partial charge in [-0.2, -0.15) is 0 Å². The van der Waals surface area contributed by atoms with Crippen LogP contribution >= 0.6 is 23.2 Å². The lowest BCUT2D eigenvalue weighted by molar-refractivity contribution is 0.0963. The van der Waals surface area contributed by atoms with E-state index in [1.54, 1.807) is 12.1 Å². The summed E-state index contributed by atoms with van der Waals surface area (Å²) in [6, 6.07) is 10.7. The zero-order chi connectivity index (χ0) is 20.5. The summed E-state index contributed by atoms with van der Waals surface area (Å²) in [6.07, 6.45) is 0. The molecule has 1 aliphatic carbocycles. The average molecular weight is 425 g/mol. The highest BCUT2D eigenvalue weighted by Gasteiger charge is 2.67. The van der Waals surface area contributed by atoms with Gasteiger partial charge in [0.25, 0.3) is 0 Å². The van der Waals surface area contributed by atoms with Gasteiger partial charge in [0.05, 0.1) is 33.9 Å². The minimum absolute atomic E-state index is 0.178. The molecule has 7 heteroatoms. The van der Waals surface area contributed by atoms with Crippen molar-refractivity contribution in [3.63, 3.8) is 0 Å². The third-order valence-electron chi connectivity index (χ3n) is 4.84. The normalized spacial score (nSPS) is 19.6. The van der Waals surface area contributed by atoms with Crippen LogP contribution in [0.5, 0.6) is 23.0 Å². The molecule has 28 heavy (non-hydrogen) atoms. The molecule has 0 amide bonds. The van der Waals surface area contributed by atoms with E-state index in [1.807, 2.05) is 31.2 Å². The number of alkyl halides is 2. The number of halogens is 2. The maximum absolute atomic E-state index is 13.2. The smallest absolute Gasteiger partial charge is 0.203 e. The van der Waals surface area contributed by atoms with Crippen LogP contribution in [0.15, 0.2) is 36.4 Å². The van der Waals surface area contributed by atoms with Crippen LogP contribution in [0.2, 0.25) is 0 Å². The molecule has 0 heterocycles. The zero-order valence-electron chi connectivity index (χ0n) is 16.1. The molecule has 0 aliphatic heterocycles. The van der Waals surface area contributed by atoms with E-state index in [0.717, 1.165) is 11.3 Å². The predicted octanol–water partition coefficient (Wildman–Crippen LogP) is 4.88. The fourth-order valence-electron chi connectivity index (χ4n) is 3.41. The Morgan fingerprint density at radius 2 is 1.57 bits per heavy atom. The van der Waals surface area contributed by atoms with Crippen molar-refractivity contribution in [3.8, 4) is 23.0 Å². The van der Waals surface area contributed by atoms with Crippen LogP contribution in [0.3, 0.4) is 0 Å². The number of hydrogen-bond acceptors (Lipinski definition) is 5. The third kappa shape index (κ3) is 3.61. The molecule has 0 spiro atoms. The molecular formula is C21H22Cl2O5. The summed E-state index contributed by atoms with van der Waals surface area (Å²) in [5, 5.41) is 0. The number of ether oxygens (including phenoxy) is 4. The molecular weight excluding hydrogens is 403 g/mol. The standard InChI is InChI=1S/C21H22Cl2O5/c1-5-28-14-8-6-12(7-9-14)17-18(21(17,22)23)19(24)13-10-15(25-2)20(27-4)16(11-13)26-3/h6-11,17-18H,5H2,1-4H3. The Kier molecular flexibility index (Phi) is 5.96. The second-order valence-electron chi connectivity index (χ2n) is 6.41. The Bertz CT molecular complexity index is 839. The van der Waals surface area contributed by atoms with Gasteiger partial charge in [-0.05, 0) is 36.8 Å². The predicted molar refractivity (Wildman–Crippen MR) is 109 cm³/mol. The van der Waals surface area contributed by atoms with Gasteiger partial charge in [-0.25, -0.2) is 0 Å². The van der Waals surface area contributed by atoms with Gasteiger partial charge in [0, 0.05) is 11.5 Å². The number of benzene rings is 2. The summed E-state index contributed by atoms with van der Waals surface area (Å²) in [6.45, 7) is 2.50. The zero-order valence-corrected chi connectivity index (χ0v) is 17.6. The molecule has 0 radical (unpaired) electrons. The summed E-state index contributed by atoms with van der Waals surface area (Å²) in [5.74, 6) is 0.923. The molecule has 5 nitrogen and oxygen atoms in total. The van der Waals surface area contributed by atoms with Crippen molar-refractivity contribution in [1.82, 2.24) is 0 Å². The van der Waals surface area contributed by atoms with Crippen LogP contribution in [0.4, 0.5) is 0 Å². The minimum Gasteiger partial charge on any atom is -0.494 e. The van der Waals surface area contributed by atoms with Crippen molar-refractivity contribution in [2.24, 2.45) is 5.92 Å². The SMILES string of the molecule is CCOc1ccc(C2C(C(=O)c3cc(OC)c(OC)c(OC)c3)C2(Cl)Cl)cc1. The van der Waals surface area contributed by atoms with Gasteiger partial charge in [-0.1, -0.05) is 12.1 Å². The first-order valence-corrected chi connectivity index (χ1v) is 9.59. The third-order valence-corrected chi connectivity index (χ3v) is 5.78. The van der Waals surface area contributed by atoms with E-state index in [9.17, 15) is 4.79 Å². The van der Waals surface area contributed by atoms with E-state index in [-0.39, 0.29) is 11.7 Å². The Hall–Kier alpha value is -2.11. The monoisotopic (exact) mass is 424 g/mol. The van der Waals surface area contributed by atoms with E-state index in [0.29, 0.717) is 29.4 Å². The average Bonchev–Trinajstić information content (AvgIpc) is 3.28. The van der Waals surface area contributed by atoms with Crippen LogP contribution in [0, 0.1) is 5.92 Å². The number of carbonyl (C=O) groups excluding carboxylic acids is 1. The first-order valence-electron chi connectivity index (χ1n) is 8.83. The molecule has 2 aromatic rings. The summed E-state index contributed by atoms with van der Waals surface area (Å²) in [4.78, 5) is 13.2. The fourth-order valence-corrected chi connectivity index (χ4v) is 4.24. The van der Waals surface area contributed by atoms with Gasteiger partial charge in [0.15, 0.2) is 17.3 Å². The first-order chi connectivity index (χ1) is 13.4. The summed E-state index contributed by atoms with van der Waals surface area (Å²) >= 11 is 13.0. The van der Waals surface area contributed by atoms with E-state index in [1.165, 1.54) is 21.3 Å². The maximum atomic E-state index is 13.2. The van der Waals surface area contributed by atoms with Gasteiger partial charge in [0.2, 0.25) is 5.75 Å². The van der Waals surface area contributed by atoms with Crippen molar-refractivity contribution >= 4 is 29.0 Å². The molecule has 0 aromatic heterocycles. The lowest BCUT2D eigenvalue weighted by Crippen LogP contribution is -2.08. The molecule has 1 saturated carbocycles. The fraction of sp³-hybridized carbons (Fsp3) is 0.381. The first kappa shape index (κ1) is 20.6. The molecule has 2 aromatic carbocycles. The van der Waals surface area contributed by atoms with Crippen molar-refractivity contribution in [1.29, 1.82) is 0 Å². The Labute approximate surface area is 174 Å². The van der Waals surface area contributed by atoms with Crippen LogP contribution in [-0.2, 0) is 0 Å². The summed E-state index contributed by atoms with van der Waals surface area (Å²) in [5.41, 5.74) is 1.29. The van der Waals surface area contributed by atoms with Crippen LogP contribution < -0.4 is 18.9 Å². The van der Waals surface area contributed by atoms with Gasteiger partial charge >= 0.3 is 0 Å². The number of Topliss-reactive ketones (excluding diaryl/α,β-unsaturated/α-hetero) is 1. The van der Waals surface area contributed by atoms with Crippen molar-refractivity contribution in [2.45, 2.75) is 17.2 Å². The van der Waals surface area contributed by atoms with Crippen molar-refractivity contribution in [2.75, 3.05) is 27.9 Å². The highest BCUT2D eigenvalue weighted by Crippen LogP contribution is 2.66. The summed E-state index contributed by atoms with van der Waals surface area (Å²) < 4.78 is 20.3. The van der Waals surface area contributed by atoms with E-state index in [4.69, 9.17) is 42.1 Å². The van der Waals surface area contributed by atoms with Gasteiger partial charge < -0.3 is 18.9 Å². The molecule has 0 N–H and O–H groups in total. The molecule has 0 saturated heterocycles. The van der Waals surface area contributed by atoms with Crippen molar-refractivity contribution < 1.29 is 23.7 Å². The highest BCUT2D eigenvalue weighted by atomic mass is 35.5. The second kappa shape index (κ2) is 8.10.